The van der Waals surface area contributed by atoms with Crippen LogP contribution in [0.4, 0.5) is 0 Å². The van der Waals surface area contributed by atoms with Crippen LogP contribution in [0.2, 0.25) is 0 Å². The number of thioether (sulfide) groups is 1. The predicted octanol–water partition coefficient (Wildman–Crippen LogP) is 5.79. The first kappa shape index (κ1) is 23.2. The van der Waals surface area contributed by atoms with Gasteiger partial charge in [-0.15, -0.1) is 0 Å². The molecule has 1 heterocycles. The fraction of sp³-hybridized carbons (Fsp3) is 0.727. The summed E-state index contributed by atoms with van der Waals surface area (Å²) >= 11 is 2.01. The van der Waals surface area contributed by atoms with Gasteiger partial charge in [0.25, 0.3) is 0 Å². The van der Waals surface area contributed by atoms with Gasteiger partial charge in [-0.05, 0) is 31.4 Å². The van der Waals surface area contributed by atoms with Crippen LogP contribution in [-0.2, 0) is 9.47 Å². The minimum absolute atomic E-state index is 0.250. The molecule has 150 valence electrons. The summed E-state index contributed by atoms with van der Waals surface area (Å²) in [5.41, 5.74) is 1.29. The first-order valence-electron chi connectivity index (χ1n) is 10.1. The second-order valence-corrected chi connectivity index (χ2v) is 8.20. The average molecular weight is 382 g/mol. The zero-order valence-corrected chi connectivity index (χ0v) is 18.0. The number of ether oxygens (including phenoxy) is 2. The van der Waals surface area contributed by atoms with Crippen molar-refractivity contribution in [1.29, 1.82) is 0 Å². The molecule has 1 saturated heterocycles. The molecular formula is C22H39NO2S. The minimum atomic E-state index is 0.250. The molecule has 0 spiro atoms. The van der Waals surface area contributed by atoms with Crippen molar-refractivity contribution in [3.05, 3.63) is 36.8 Å². The molecule has 0 N–H and O–H groups in total. The van der Waals surface area contributed by atoms with E-state index in [2.05, 4.69) is 37.1 Å². The van der Waals surface area contributed by atoms with Crippen molar-refractivity contribution in [2.75, 3.05) is 32.3 Å². The smallest absolute Gasteiger partial charge is 0.0884 e. The van der Waals surface area contributed by atoms with Gasteiger partial charge in [0.15, 0.2) is 0 Å². The fourth-order valence-corrected chi connectivity index (χ4v) is 4.13. The molecule has 1 aliphatic rings. The van der Waals surface area contributed by atoms with Gasteiger partial charge >= 0.3 is 0 Å². The molecular weight excluding hydrogens is 342 g/mol. The second-order valence-electron chi connectivity index (χ2n) is 6.98. The van der Waals surface area contributed by atoms with Crippen molar-refractivity contribution in [2.24, 2.45) is 0 Å². The molecule has 0 aromatic heterocycles. The van der Waals surface area contributed by atoms with Crippen molar-refractivity contribution in [1.82, 2.24) is 4.90 Å². The summed E-state index contributed by atoms with van der Waals surface area (Å²) in [5, 5.41) is 0. The molecule has 26 heavy (non-hydrogen) atoms. The van der Waals surface area contributed by atoms with Crippen LogP contribution in [0.3, 0.4) is 0 Å². The van der Waals surface area contributed by atoms with Crippen LogP contribution < -0.4 is 0 Å². The van der Waals surface area contributed by atoms with Gasteiger partial charge in [-0.25, -0.2) is 0 Å². The lowest BCUT2D eigenvalue weighted by Gasteiger charge is -2.25. The molecule has 0 amide bonds. The second kappa shape index (κ2) is 14.2. The number of hydrogen-bond donors (Lipinski definition) is 0. The summed E-state index contributed by atoms with van der Waals surface area (Å²) in [4.78, 5) is 2.48. The Labute approximate surface area is 165 Å². The normalized spacial score (nSPS) is 18.7. The zero-order valence-electron chi connectivity index (χ0n) is 17.2. The number of unbranched alkanes of at least 4 members (excludes halogenated alkanes) is 2. The summed E-state index contributed by atoms with van der Waals surface area (Å²) in [5.74, 6) is 3.19. The molecule has 0 unspecified atom stereocenters. The SMILES string of the molecule is C=C(CCCSCCN1C(=C)CC[C@@H]1/C=C/[C@H](CCCCC)OC)OC. The lowest BCUT2D eigenvalue weighted by atomic mass is 10.1. The third-order valence-corrected chi connectivity index (χ3v) is 6.04. The molecule has 1 fully saturated rings. The summed E-state index contributed by atoms with van der Waals surface area (Å²) in [6.45, 7) is 11.5. The van der Waals surface area contributed by atoms with E-state index < -0.39 is 0 Å². The van der Waals surface area contributed by atoms with E-state index in [0.29, 0.717) is 6.04 Å². The predicted molar refractivity (Wildman–Crippen MR) is 116 cm³/mol. The molecule has 4 heteroatoms. The monoisotopic (exact) mass is 381 g/mol. The summed E-state index contributed by atoms with van der Waals surface area (Å²) < 4.78 is 10.7. The van der Waals surface area contributed by atoms with Gasteiger partial charge in [0.1, 0.15) is 0 Å². The Bertz CT molecular complexity index is 436. The van der Waals surface area contributed by atoms with E-state index in [4.69, 9.17) is 9.47 Å². The Morgan fingerprint density at radius 1 is 1.31 bits per heavy atom. The van der Waals surface area contributed by atoms with Crippen molar-refractivity contribution >= 4 is 11.8 Å². The van der Waals surface area contributed by atoms with Crippen LogP contribution in [0.5, 0.6) is 0 Å². The fourth-order valence-electron chi connectivity index (χ4n) is 3.25. The maximum Gasteiger partial charge on any atom is 0.0884 e. The Balaban J connectivity index is 2.33. The molecule has 0 radical (unpaired) electrons. The number of rotatable bonds is 15. The van der Waals surface area contributed by atoms with Gasteiger partial charge < -0.3 is 14.4 Å². The number of methoxy groups -OCH3 is 2. The van der Waals surface area contributed by atoms with Gasteiger partial charge in [-0.1, -0.05) is 51.5 Å². The highest BCUT2D eigenvalue weighted by Gasteiger charge is 2.24. The number of nitrogens with zero attached hydrogens (tertiary/aromatic N) is 1. The van der Waals surface area contributed by atoms with Crippen LogP contribution in [0.1, 0.15) is 58.3 Å². The van der Waals surface area contributed by atoms with Crippen LogP contribution >= 0.6 is 11.8 Å². The van der Waals surface area contributed by atoms with Crippen LogP contribution in [-0.4, -0.2) is 49.3 Å². The largest absolute Gasteiger partial charge is 0.502 e. The Morgan fingerprint density at radius 3 is 2.81 bits per heavy atom. The first-order chi connectivity index (χ1) is 12.6. The van der Waals surface area contributed by atoms with E-state index in [1.165, 1.54) is 31.4 Å². The van der Waals surface area contributed by atoms with Crippen molar-refractivity contribution in [3.8, 4) is 0 Å². The number of likely N-dealkylation sites (tertiary alicyclic amines) is 1. The van der Waals surface area contributed by atoms with E-state index in [1.807, 2.05) is 18.9 Å². The van der Waals surface area contributed by atoms with Gasteiger partial charge in [0.2, 0.25) is 0 Å². The molecule has 0 aliphatic carbocycles. The zero-order chi connectivity index (χ0) is 19.2. The van der Waals surface area contributed by atoms with Crippen LogP contribution in [0.25, 0.3) is 0 Å². The summed E-state index contributed by atoms with van der Waals surface area (Å²) in [7, 11) is 3.52. The Hall–Kier alpha value is -0.870. The Morgan fingerprint density at radius 2 is 2.12 bits per heavy atom. The number of allylic oxidation sites excluding steroid dienone is 2. The van der Waals surface area contributed by atoms with Gasteiger partial charge in [-0.2, -0.15) is 11.8 Å². The molecule has 3 nitrogen and oxygen atoms in total. The standard InChI is InChI=1S/C22H39NO2S/c1-6-7-8-11-22(25-5)15-14-21-13-12-19(2)23(21)16-18-26-17-9-10-20(3)24-4/h14-15,21-22H,2-3,6-13,16-18H2,1,4-5H3/b15-14+/t21-,22+/m1/s1. The lowest BCUT2D eigenvalue weighted by Crippen LogP contribution is -2.29. The molecule has 2 atom stereocenters. The van der Waals surface area contributed by atoms with Crippen LogP contribution in [0, 0.1) is 0 Å². The van der Waals surface area contributed by atoms with Crippen molar-refractivity contribution in [2.45, 2.75) is 70.4 Å². The third kappa shape index (κ3) is 9.18. The average Bonchev–Trinajstić information content (AvgIpc) is 3.00. The maximum absolute atomic E-state index is 5.62. The molecule has 0 saturated carbocycles. The van der Waals surface area contributed by atoms with E-state index in [1.54, 1.807) is 7.11 Å². The molecule has 0 aromatic carbocycles. The summed E-state index contributed by atoms with van der Waals surface area (Å²) in [6, 6.07) is 0.486. The van der Waals surface area contributed by atoms with E-state index in [0.717, 1.165) is 49.5 Å². The highest BCUT2D eigenvalue weighted by atomic mass is 32.2. The van der Waals surface area contributed by atoms with E-state index >= 15 is 0 Å². The van der Waals surface area contributed by atoms with Crippen molar-refractivity contribution in [3.63, 3.8) is 0 Å². The molecule has 1 rings (SSSR count). The minimum Gasteiger partial charge on any atom is -0.502 e. The van der Waals surface area contributed by atoms with E-state index in [-0.39, 0.29) is 6.10 Å². The molecule has 0 bridgehead atoms. The number of hydrogen-bond acceptors (Lipinski definition) is 4. The first-order valence-corrected chi connectivity index (χ1v) is 11.2. The highest BCUT2D eigenvalue weighted by molar-refractivity contribution is 7.99. The molecule has 1 aliphatic heterocycles. The lowest BCUT2D eigenvalue weighted by molar-refractivity contribution is 0.130. The van der Waals surface area contributed by atoms with E-state index in [9.17, 15) is 0 Å². The topological polar surface area (TPSA) is 21.7 Å². The third-order valence-electron chi connectivity index (χ3n) is 4.99. The summed E-state index contributed by atoms with van der Waals surface area (Å²) in [6.07, 6.45) is 14.2. The highest BCUT2D eigenvalue weighted by Crippen LogP contribution is 2.27. The van der Waals surface area contributed by atoms with Crippen molar-refractivity contribution < 1.29 is 9.47 Å². The Kier molecular flexibility index (Phi) is 12.7. The quantitative estimate of drug-likeness (QED) is 0.203. The maximum atomic E-state index is 5.62. The van der Waals surface area contributed by atoms with Gasteiger partial charge in [0.05, 0.1) is 19.0 Å². The van der Waals surface area contributed by atoms with Gasteiger partial charge in [-0.3, -0.25) is 0 Å². The molecule has 0 aromatic rings. The van der Waals surface area contributed by atoms with Crippen LogP contribution in [0.15, 0.2) is 36.8 Å². The van der Waals surface area contributed by atoms with Gasteiger partial charge in [0, 0.05) is 37.6 Å².